The van der Waals surface area contributed by atoms with Gasteiger partial charge in [0.15, 0.2) is 0 Å². The summed E-state index contributed by atoms with van der Waals surface area (Å²) in [6, 6.07) is 7.57. The predicted molar refractivity (Wildman–Crippen MR) is 83.0 cm³/mol. The van der Waals surface area contributed by atoms with E-state index in [1.807, 2.05) is 38.1 Å². The largest absolute Gasteiger partial charge is 0.456 e. The maximum Gasteiger partial charge on any atom is 0.339 e. The maximum atomic E-state index is 12.3. The highest BCUT2D eigenvalue weighted by Gasteiger charge is 2.35. The van der Waals surface area contributed by atoms with Crippen LogP contribution in [-0.2, 0) is 4.74 Å². The number of ether oxygens (including phenoxy) is 1. The van der Waals surface area contributed by atoms with Crippen molar-refractivity contribution in [1.29, 1.82) is 0 Å². The average molecular weight is 374 g/mol. The molecule has 0 aromatic heterocycles. The van der Waals surface area contributed by atoms with Crippen molar-refractivity contribution in [1.82, 2.24) is 0 Å². The van der Waals surface area contributed by atoms with Crippen molar-refractivity contribution in [2.24, 2.45) is 5.92 Å². The molecule has 0 bridgehead atoms. The summed E-state index contributed by atoms with van der Waals surface area (Å²) in [5, 5.41) is 2.33. The Morgan fingerprint density at radius 3 is 2.58 bits per heavy atom. The van der Waals surface area contributed by atoms with Gasteiger partial charge in [0.05, 0.1) is 18.7 Å². The van der Waals surface area contributed by atoms with E-state index in [9.17, 15) is 4.79 Å². The number of carbonyl (C=O) groups is 1. The zero-order valence-electron chi connectivity index (χ0n) is 11.5. The third-order valence-corrected chi connectivity index (χ3v) is 4.81. The fourth-order valence-electron chi connectivity index (χ4n) is 2.63. The molecule has 1 fully saturated rings. The Balaban J connectivity index is 2.07. The van der Waals surface area contributed by atoms with Gasteiger partial charge < -0.3 is 10.1 Å². The Labute approximate surface area is 128 Å². The molecule has 1 aliphatic rings. The molecule has 0 amide bonds. The first-order chi connectivity index (χ1) is 9.00. The molecule has 19 heavy (non-hydrogen) atoms. The smallest absolute Gasteiger partial charge is 0.339 e. The van der Waals surface area contributed by atoms with Crippen molar-refractivity contribution in [3.05, 3.63) is 33.4 Å². The summed E-state index contributed by atoms with van der Waals surface area (Å²) in [6.07, 6.45) is 2.23. The van der Waals surface area contributed by atoms with Gasteiger partial charge in [-0.15, -0.1) is 0 Å². The number of esters is 1. The topological polar surface area (TPSA) is 42.9 Å². The maximum absolute atomic E-state index is 12.3. The molecule has 1 heterocycles. The first kappa shape index (κ1) is 14.8. The van der Waals surface area contributed by atoms with Gasteiger partial charge in [-0.1, -0.05) is 12.1 Å². The number of benzene rings is 1. The molecule has 0 radical (unpaired) electrons. The molecule has 1 aliphatic heterocycles. The molecule has 2 rings (SSSR count). The lowest BCUT2D eigenvalue weighted by Gasteiger charge is -2.35. The van der Waals surface area contributed by atoms with E-state index in [2.05, 4.69) is 27.9 Å². The molecule has 3 nitrogen and oxygen atoms in total. The lowest BCUT2D eigenvalue weighted by molar-refractivity contribution is -0.665. The van der Waals surface area contributed by atoms with E-state index in [-0.39, 0.29) is 11.6 Å². The summed E-state index contributed by atoms with van der Waals surface area (Å²) in [7, 11) is 0. The third kappa shape index (κ3) is 3.69. The van der Waals surface area contributed by atoms with E-state index in [0.717, 1.165) is 29.5 Å². The van der Waals surface area contributed by atoms with Gasteiger partial charge in [-0.2, -0.15) is 0 Å². The quantitative estimate of drug-likeness (QED) is 0.651. The van der Waals surface area contributed by atoms with E-state index in [4.69, 9.17) is 4.74 Å². The normalized spacial score (nSPS) is 17.2. The van der Waals surface area contributed by atoms with Crippen LogP contribution in [0.4, 0.5) is 0 Å². The van der Waals surface area contributed by atoms with Crippen molar-refractivity contribution in [2.75, 3.05) is 13.1 Å². The summed E-state index contributed by atoms with van der Waals surface area (Å²) in [5.74, 6) is 0.257. The Morgan fingerprint density at radius 1 is 1.32 bits per heavy atom. The Kier molecular flexibility index (Phi) is 4.84. The van der Waals surface area contributed by atoms with Crippen molar-refractivity contribution in [3.63, 3.8) is 0 Å². The molecule has 1 aromatic carbocycles. The summed E-state index contributed by atoms with van der Waals surface area (Å²) in [4.78, 5) is 12.3. The molecular formula is C15H21INO2+. The summed E-state index contributed by atoms with van der Waals surface area (Å²) < 4.78 is 6.73. The minimum absolute atomic E-state index is 0.204. The van der Waals surface area contributed by atoms with Crippen LogP contribution in [0.3, 0.4) is 0 Å². The molecular weight excluding hydrogens is 353 g/mol. The fraction of sp³-hybridized carbons (Fsp3) is 0.533. The first-order valence-corrected chi connectivity index (χ1v) is 7.88. The van der Waals surface area contributed by atoms with Crippen LogP contribution in [0.15, 0.2) is 24.3 Å². The second-order valence-corrected chi connectivity index (χ2v) is 6.78. The monoisotopic (exact) mass is 374 g/mol. The van der Waals surface area contributed by atoms with Crippen LogP contribution in [0.1, 0.15) is 37.0 Å². The number of piperidine rings is 1. The number of carbonyl (C=O) groups excluding carboxylic acids is 1. The molecule has 104 valence electrons. The lowest BCUT2D eigenvalue weighted by atomic mass is 9.83. The van der Waals surface area contributed by atoms with Gasteiger partial charge in [0.25, 0.3) is 0 Å². The SMILES string of the molecule is CC(C)(OC(=O)c1ccccc1I)C1CC[NH2+]CC1. The van der Waals surface area contributed by atoms with E-state index >= 15 is 0 Å². The van der Waals surface area contributed by atoms with Crippen LogP contribution in [0.25, 0.3) is 0 Å². The predicted octanol–water partition coefficient (Wildman–Crippen LogP) is 2.20. The van der Waals surface area contributed by atoms with Gasteiger partial charge in [0, 0.05) is 22.3 Å². The Hall–Kier alpha value is -0.620. The van der Waals surface area contributed by atoms with Gasteiger partial charge in [-0.25, -0.2) is 4.79 Å². The molecule has 1 aromatic rings. The van der Waals surface area contributed by atoms with Crippen molar-refractivity contribution >= 4 is 28.6 Å². The molecule has 0 aliphatic carbocycles. The Bertz CT molecular complexity index is 453. The molecule has 0 unspecified atom stereocenters. The van der Waals surface area contributed by atoms with Gasteiger partial charge in [-0.3, -0.25) is 0 Å². The number of halogens is 1. The van der Waals surface area contributed by atoms with E-state index in [0.29, 0.717) is 11.5 Å². The minimum Gasteiger partial charge on any atom is -0.456 e. The van der Waals surface area contributed by atoms with Crippen LogP contribution in [-0.4, -0.2) is 24.7 Å². The van der Waals surface area contributed by atoms with Crippen LogP contribution >= 0.6 is 22.6 Å². The summed E-state index contributed by atoms with van der Waals surface area (Å²) in [6.45, 7) is 6.34. The molecule has 2 N–H and O–H groups in total. The van der Waals surface area contributed by atoms with Gasteiger partial charge in [0.2, 0.25) is 0 Å². The fourth-order valence-corrected chi connectivity index (χ4v) is 3.23. The molecule has 0 spiro atoms. The molecule has 0 atom stereocenters. The van der Waals surface area contributed by atoms with Gasteiger partial charge in [-0.05, 0) is 48.6 Å². The van der Waals surface area contributed by atoms with E-state index in [1.165, 1.54) is 0 Å². The summed E-state index contributed by atoms with van der Waals surface area (Å²) in [5.41, 5.74) is 0.281. The van der Waals surface area contributed by atoms with Gasteiger partial charge >= 0.3 is 5.97 Å². The van der Waals surface area contributed by atoms with Crippen LogP contribution in [0.5, 0.6) is 0 Å². The highest BCUT2D eigenvalue weighted by atomic mass is 127. The average Bonchev–Trinajstić information content (AvgIpc) is 2.39. The van der Waals surface area contributed by atoms with Crippen molar-refractivity contribution < 1.29 is 14.8 Å². The zero-order chi connectivity index (χ0) is 13.9. The van der Waals surface area contributed by atoms with Crippen molar-refractivity contribution in [2.45, 2.75) is 32.3 Å². The number of hydrogen-bond acceptors (Lipinski definition) is 2. The molecule has 1 saturated heterocycles. The highest BCUT2D eigenvalue weighted by molar-refractivity contribution is 14.1. The van der Waals surface area contributed by atoms with Crippen LogP contribution in [0, 0.1) is 9.49 Å². The zero-order valence-corrected chi connectivity index (χ0v) is 13.6. The van der Waals surface area contributed by atoms with Crippen LogP contribution in [0.2, 0.25) is 0 Å². The highest BCUT2D eigenvalue weighted by Crippen LogP contribution is 2.29. The number of rotatable bonds is 3. The van der Waals surface area contributed by atoms with E-state index in [1.54, 1.807) is 0 Å². The number of quaternary nitrogens is 1. The first-order valence-electron chi connectivity index (χ1n) is 6.80. The number of hydrogen-bond donors (Lipinski definition) is 1. The second kappa shape index (κ2) is 6.22. The number of nitrogens with two attached hydrogens (primary N) is 1. The van der Waals surface area contributed by atoms with Crippen LogP contribution < -0.4 is 5.32 Å². The van der Waals surface area contributed by atoms with Gasteiger partial charge in [0.1, 0.15) is 5.60 Å². The molecule has 4 heteroatoms. The third-order valence-electron chi connectivity index (χ3n) is 3.87. The van der Waals surface area contributed by atoms with E-state index < -0.39 is 0 Å². The summed E-state index contributed by atoms with van der Waals surface area (Å²) >= 11 is 2.18. The lowest BCUT2D eigenvalue weighted by Crippen LogP contribution is -2.86. The minimum atomic E-state index is -0.385. The molecule has 0 saturated carbocycles. The Morgan fingerprint density at radius 2 is 1.95 bits per heavy atom. The standard InChI is InChI=1S/C15H20INO2/c1-15(2,11-7-9-17-10-8-11)19-14(18)12-5-3-4-6-13(12)16/h3-6,11,17H,7-10H2,1-2H3/p+1. The second-order valence-electron chi connectivity index (χ2n) is 5.61. The van der Waals surface area contributed by atoms with Crippen molar-refractivity contribution in [3.8, 4) is 0 Å².